The molecule has 0 aliphatic heterocycles. The van der Waals surface area contributed by atoms with Crippen LogP contribution in [-0.2, 0) is 0 Å². The molecule has 1 N–H and O–H groups in total. The second-order valence-corrected chi connectivity index (χ2v) is 3.85. The smallest absolute Gasteiger partial charge is 0.432 e. The molecule has 0 fully saturated rings. The van der Waals surface area contributed by atoms with Gasteiger partial charge in [0.15, 0.2) is 0 Å². The van der Waals surface area contributed by atoms with Gasteiger partial charge in [-0.25, -0.2) is 4.79 Å². The van der Waals surface area contributed by atoms with Gasteiger partial charge in [0, 0.05) is 16.2 Å². The van der Waals surface area contributed by atoms with Crippen LogP contribution in [0.5, 0.6) is 0 Å². The average molecular weight is 267 g/mol. The first-order valence-corrected chi connectivity index (χ1v) is 5.01. The van der Waals surface area contributed by atoms with E-state index in [0.29, 0.717) is 5.69 Å². The molecule has 0 bridgehead atoms. The third kappa shape index (κ3) is 2.07. The van der Waals surface area contributed by atoms with Gasteiger partial charge in [-0.2, -0.15) is 9.78 Å². The lowest BCUT2D eigenvalue weighted by atomic mass is 10.2. The van der Waals surface area contributed by atoms with Gasteiger partial charge in [0.1, 0.15) is 0 Å². The van der Waals surface area contributed by atoms with Crippen molar-refractivity contribution in [3.8, 4) is 11.3 Å². The third-order valence-corrected chi connectivity index (χ3v) is 2.45. The maximum atomic E-state index is 10.6. The Morgan fingerprint density at radius 1 is 1.27 bits per heavy atom. The highest BCUT2D eigenvalue weighted by atomic mass is 79.9. The zero-order valence-electron chi connectivity index (χ0n) is 7.59. The minimum absolute atomic E-state index is 0.643. The summed E-state index contributed by atoms with van der Waals surface area (Å²) in [6, 6.07) is 9.18. The lowest BCUT2D eigenvalue weighted by molar-refractivity contribution is 0.192. The van der Waals surface area contributed by atoms with Gasteiger partial charge >= 0.3 is 6.09 Å². The van der Waals surface area contributed by atoms with Crippen molar-refractivity contribution in [2.75, 3.05) is 0 Å². The highest BCUT2D eigenvalue weighted by molar-refractivity contribution is 9.10. The molecular formula is C10H7BrN2O2. The summed E-state index contributed by atoms with van der Waals surface area (Å²) < 4.78 is 1.86. The zero-order chi connectivity index (χ0) is 10.8. The van der Waals surface area contributed by atoms with Gasteiger partial charge in [0.05, 0.1) is 5.69 Å². The van der Waals surface area contributed by atoms with E-state index in [1.54, 1.807) is 6.07 Å². The second-order valence-electron chi connectivity index (χ2n) is 2.94. The van der Waals surface area contributed by atoms with Gasteiger partial charge in [0.25, 0.3) is 0 Å². The van der Waals surface area contributed by atoms with E-state index in [-0.39, 0.29) is 0 Å². The van der Waals surface area contributed by atoms with Crippen LogP contribution in [-0.4, -0.2) is 21.0 Å². The topological polar surface area (TPSA) is 55.1 Å². The molecular weight excluding hydrogens is 260 g/mol. The fraction of sp³-hybridized carbons (Fsp3) is 0. The summed E-state index contributed by atoms with van der Waals surface area (Å²) >= 11 is 3.33. The van der Waals surface area contributed by atoms with Gasteiger partial charge in [0.2, 0.25) is 0 Å². The molecule has 0 unspecified atom stereocenters. The number of hydrogen-bond acceptors (Lipinski definition) is 2. The highest BCUT2D eigenvalue weighted by Gasteiger charge is 2.05. The van der Waals surface area contributed by atoms with Crippen LogP contribution >= 0.6 is 15.9 Å². The van der Waals surface area contributed by atoms with E-state index in [9.17, 15) is 4.79 Å². The van der Waals surface area contributed by atoms with Crippen molar-refractivity contribution < 1.29 is 9.90 Å². The lowest BCUT2D eigenvalue weighted by Crippen LogP contribution is -2.07. The number of halogens is 1. The Morgan fingerprint density at radius 3 is 2.47 bits per heavy atom. The molecule has 0 spiro atoms. The SMILES string of the molecule is O=C(O)n1ccc(-c2ccc(Br)cc2)n1. The summed E-state index contributed by atoms with van der Waals surface area (Å²) in [6.07, 6.45) is 0.332. The van der Waals surface area contributed by atoms with Crippen LogP contribution in [0.4, 0.5) is 4.79 Å². The Morgan fingerprint density at radius 2 is 1.93 bits per heavy atom. The molecule has 76 valence electrons. The fourth-order valence-electron chi connectivity index (χ4n) is 1.21. The Labute approximate surface area is 94.3 Å². The van der Waals surface area contributed by atoms with Gasteiger partial charge < -0.3 is 5.11 Å². The molecule has 1 aromatic carbocycles. The van der Waals surface area contributed by atoms with Crippen molar-refractivity contribution in [3.63, 3.8) is 0 Å². The first kappa shape index (κ1) is 9.92. The molecule has 2 rings (SSSR count). The van der Waals surface area contributed by atoms with Crippen LogP contribution in [0.1, 0.15) is 0 Å². The number of benzene rings is 1. The molecule has 1 heterocycles. The maximum absolute atomic E-state index is 10.6. The van der Waals surface area contributed by atoms with E-state index in [1.165, 1.54) is 6.20 Å². The van der Waals surface area contributed by atoms with Crippen molar-refractivity contribution in [1.29, 1.82) is 0 Å². The Kier molecular flexibility index (Phi) is 2.55. The summed E-state index contributed by atoms with van der Waals surface area (Å²) in [6.45, 7) is 0. The van der Waals surface area contributed by atoms with Gasteiger partial charge in [-0.1, -0.05) is 28.1 Å². The first-order valence-electron chi connectivity index (χ1n) is 4.22. The van der Waals surface area contributed by atoms with Gasteiger partial charge in [-0.3, -0.25) is 0 Å². The summed E-state index contributed by atoms with van der Waals surface area (Å²) in [5.41, 5.74) is 1.53. The van der Waals surface area contributed by atoms with Crippen LogP contribution in [0.15, 0.2) is 41.0 Å². The standard InChI is InChI=1S/C10H7BrN2O2/c11-8-3-1-7(2-4-8)9-5-6-13(12-9)10(14)15/h1-6H,(H,14,15). The molecule has 15 heavy (non-hydrogen) atoms. The normalized spacial score (nSPS) is 10.2. The number of nitrogens with zero attached hydrogens (tertiary/aromatic N) is 2. The Hall–Kier alpha value is -1.62. The van der Waals surface area contributed by atoms with E-state index in [1.807, 2.05) is 24.3 Å². The quantitative estimate of drug-likeness (QED) is 0.864. The molecule has 0 saturated heterocycles. The van der Waals surface area contributed by atoms with E-state index in [2.05, 4.69) is 21.0 Å². The molecule has 2 aromatic rings. The number of hydrogen-bond donors (Lipinski definition) is 1. The molecule has 4 nitrogen and oxygen atoms in total. The Balaban J connectivity index is 2.37. The van der Waals surface area contributed by atoms with Crippen molar-refractivity contribution in [2.45, 2.75) is 0 Å². The van der Waals surface area contributed by atoms with E-state index < -0.39 is 6.09 Å². The van der Waals surface area contributed by atoms with Crippen LogP contribution in [0, 0.1) is 0 Å². The average Bonchev–Trinajstić information content (AvgIpc) is 2.68. The van der Waals surface area contributed by atoms with Crippen LogP contribution in [0.3, 0.4) is 0 Å². The van der Waals surface area contributed by atoms with E-state index in [0.717, 1.165) is 14.7 Å². The van der Waals surface area contributed by atoms with Crippen LogP contribution in [0.25, 0.3) is 11.3 Å². The predicted molar refractivity (Wildman–Crippen MR) is 58.8 cm³/mol. The summed E-state index contributed by atoms with van der Waals surface area (Å²) in [7, 11) is 0. The van der Waals surface area contributed by atoms with Crippen molar-refractivity contribution >= 4 is 22.0 Å². The monoisotopic (exact) mass is 266 g/mol. The van der Waals surface area contributed by atoms with Crippen LogP contribution in [0.2, 0.25) is 0 Å². The maximum Gasteiger partial charge on any atom is 0.432 e. The lowest BCUT2D eigenvalue weighted by Gasteiger charge is -1.96. The molecule has 1 aromatic heterocycles. The van der Waals surface area contributed by atoms with Crippen molar-refractivity contribution in [3.05, 3.63) is 41.0 Å². The first-order chi connectivity index (χ1) is 7.16. The van der Waals surface area contributed by atoms with E-state index in [4.69, 9.17) is 5.11 Å². The van der Waals surface area contributed by atoms with Crippen molar-refractivity contribution in [2.24, 2.45) is 0 Å². The highest BCUT2D eigenvalue weighted by Crippen LogP contribution is 2.19. The van der Waals surface area contributed by atoms with Crippen molar-refractivity contribution in [1.82, 2.24) is 9.78 Å². The molecule has 0 aliphatic carbocycles. The summed E-state index contributed by atoms with van der Waals surface area (Å²) in [4.78, 5) is 10.6. The fourth-order valence-corrected chi connectivity index (χ4v) is 1.47. The molecule has 0 radical (unpaired) electrons. The number of carbonyl (C=O) groups is 1. The molecule has 0 saturated carbocycles. The van der Waals surface area contributed by atoms with Gasteiger partial charge in [-0.15, -0.1) is 0 Å². The van der Waals surface area contributed by atoms with E-state index >= 15 is 0 Å². The number of rotatable bonds is 1. The zero-order valence-corrected chi connectivity index (χ0v) is 9.18. The third-order valence-electron chi connectivity index (χ3n) is 1.93. The summed E-state index contributed by atoms with van der Waals surface area (Å²) in [5, 5.41) is 12.6. The number of carboxylic acid groups (broad SMARTS) is 1. The molecule has 0 atom stereocenters. The Bertz CT molecular complexity index is 490. The molecule has 0 aliphatic rings. The molecule has 0 amide bonds. The van der Waals surface area contributed by atoms with Gasteiger partial charge in [-0.05, 0) is 18.2 Å². The predicted octanol–water partition coefficient (Wildman–Crippen LogP) is 2.84. The number of aromatic nitrogens is 2. The largest absolute Gasteiger partial charge is 0.463 e. The molecule has 5 heteroatoms. The second kappa shape index (κ2) is 3.86. The minimum atomic E-state index is -1.08. The minimum Gasteiger partial charge on any atom is -0.463 e. The summed E-state index contributed by atoms with van der Waals surface area (Å²) in [5.74, 6) is 0. The van der Waals surface area contributed by atoms with Crippen LogP contribution < -0.4 is 0 Å².